The highest BCUT2D eigenvalue weighted by Gasteiger charge is 2.13. The summed E-state index contributed by atoms with van der Waals surface area (Å²) in [4.78, 5) is 24.4. The van der Waals surface area contributed by atoms with Gasteiger partial charge in [0.15, 0.2) is 0 Å². The van der Waals surface area contributed by atoms with Gasteiger partial charge in [0.05, 0.1) is 9.80 Å². The number of nitrogens with zero attached hydrogens (tertiary/aromatic N) is 1. The molecule has 0 atom stereocenters. The van der Waals surface area contributed by atoms with Gasteiger partial charge >= 0.3 is 0 Å². The fourth-order valence-corrected chi connectivity index (χ4v) is 3.26. The molecule has 0 aliphatic heterocycles. The summed E-state index contributed by atoms with van der Waals surface area (Å²) in [7, 11) is 0. The van der Waals surface area contributed by atoms with Gasteiger partial charge < -0.3 is 10.6 Å². The van der Waals surface area contributed by atoms with Gasteiger partial charge in [-0.05, 0) is 31.0 Å². The molecule has 0 fully saturated rings. The molecule has 0 aliphatic rings. The maximum Gasteiger partial charge on any atom is 0.292 e. The Hall–Kier alpha value is -2.41. The van der Waals surface area contributed by atoms with Crippen LogP contribution in [0.2, 0.25) is 0 Å². The van der Waals surface area contributed by atoms with Gasteiger partial charge in [-0.1, -0.05) is 19.1 Å². The van der Waals surface area contributed by atoms with E-state index in [1.807, 2.05) is 13.0 Å². The van der Waals surface area contributed by atoms with Crippen molar-refractivity contribution in [1.82, 2.24) is 5.32 Å². The summed E-state index contributed by atoms with van der Waals surface area (Å²) in [6, 6.07) is 8.37. The summed E-state index contributed by atoms with van der Waals surface area (Å²) < 4.78 is 0. The van der Waals surface area contributed by atoms with Crippen LogP contribution in [0.5, 0.6) is 0 Å². The predicted octanol–water partition coefficient (Wildman–Crippen LogP) is 3.37. The topological polar surface area (TPSA) is 84.3 Å². The highest BCUT2D eigenvalue weighted by molar-refractivity contribution is 7.14. The van der Waals surface area contributed by atoms with Crippen LogP contribution in [0.4, 0.5) is 11.4 Å². The predicted molar refractivity (Wildman–Crippen MR) is 92.4 cm³/mol. The highest BCUT2D eigenvalue weighted by atomic mass is 32.1. The Balaban J connectivity index is 1.85. The Morgan fingerprint density at radius 3 is 2.70 bits per heavy atom. The van der Waals surface area contributed by atoms with Crippen molar-refractivity contribution in [3.8, 4) is 0 Å². The largest absolute Gasteiger partial charge is 0.378 e. The van der Waals surface area contributed by atoms with Gasteiger partial charge in [0.2, 0.25) is 0 Å². The Labute approximate surface area is 138 Å². The molecule has 6 nitrogen and oxygen atoms in total. The van der Waals surface area contributed by atoms with Gasteiger partial charge in [0, 0.05) is 24.0 Å². The molecule has 0 radical (unpaired) electrons. The van der Waals surface area contributed by atoms with Crippen LogP contribution in [0.25, 0.3) is 0 Å². The number of thiophene rings is 1. The van der Waals surface area contributed by atoms with Gasteiger partial charge in [-0.2, -0.15) is 0 Å². The SMILES string of the molecule is CCc1cc(C(=O)NCCNc2ccccc2[N+](=O)[O-])sc1C. The van der Waals surface area contributed by atoms with Crippen LogP contribution in [-0.2, 0) is 6.42 Å². The van der Waals surface area contributed by atoms with Crippen molar-refractivity contribution in [2.24, 2.45) is 0 Å². The number of aryl methyl sites for hydroxylation is 2. The van der Waals surface area contributed by atoms with Crippen LogP contribution >= 0.6 is 11.3 Å². The minimum absolute atomic E-state index is 0.0281. The maximum absolute atomic E-state index is 12.1. The van der Waals surface area contributed by atoms with E-state index in [0.717, 1.165) is 11.3 Å². The standard InChI is InChI=1S/C16H19N3O3S/c1-3-12-10-15(23-11(12)2)16(20)18-9-8-17-13-6-4-5-7-14(13)19(21)22/h4-7,10,17H,3,8-9H2,1-2H3,(H,18,20). The minimum Gasteiger partial charge on any atom is -0.378 e. The Kier molecular flexibility index (Phi) is 5.70. The normalized spacial score (nSPS) is 10.3. The van der Waals surface area contributed by atoms with Gasteiger partial charge in [-0.15, -0.1) is 11.3 Å². The molecule has 23 heavy (non-hydrogen) atoms. The molecular weight excluding hydrogens is 314 g/mol. The Morgan fingerprint density at radius 1 is 1.30 bits per heavy atom. The van der Waals surface area contributed by atoms with Crippen LogP contribution in [0, 0.1) is 17.0 Å². The van der Waals surface area contributed by atoms with Crippen molar-refractivity contribution in [2.75, 3.05) is 18.4 Å². The quantitative estimate of drug-likeness (QED) is 0.462. The average Bonchev–Trinajstić information content (AvgIpc) is 2.92. The number of hydrogen-bond donors (Lipinski definition) is 2. The number of hydrogen-bond acceptors (Lipinski definition) is 5. The summed E-state index contributed by atoms with van der Waals surface area (Å²) in [5.41, 5.74) is 1.67. The van der Waals surface area contributed by atoms with Crippen LogP contribution in [0.1, 0.15) is 27.0 Å². The van der Waals surface area contributed by atoms with E-state index in [1.165, 1.54) is 23.0 Å². The van der Waals surface area contributed by atoms with E-state index in [1.54, 1.807) is 18.2 Å². The number of amides is 1. The van der Waals surface area contributed by atoms with Gasteiger partial charge in [0.25, 0.3) is 11.6 Å². The van der Waals surface area contributed by atoms with Crippen LogP contribution in [-0.4, -0.2) is 23.9 Å². The number of anilines is 1. The average molecular weight is 333 g/mol. The number of carbonyl (C=O) groups excluding carboxylic acids is 1. The molecule has 0 bridgehead atoms. The van der Waals surface area contributed by atoms with E-state index in [9.17, 15) is 14.9 Å². The third-order valence-corrected chi connectivity index (χ3v) is 4.54. The van der Waals surface area contributed by atoms with E-state index in [-0.39, 0.29) is 11.6 Å². The number of nitro benzene ring substituents is 1. The number of carbonyl (C=O) groups is 1. The summed E-state index contributed by atoms with van der Waals surface area (Å²) in [5, 5.41) is 16.7. The zero-order valence-electron chi connectivity index (χ0n) is 13.1. The molecule has 1 aromatic carbocycles. The molecule has 0 aliphatic carbocycles. The summed E-state index contributed by atoms with van der Waals surface area (Å²) in [6.07, 6.45) is 0.912. The fourth-order valence-electron chi connectivity index (χ4n) is 2.23. The van der Waals surface area contributed by atoms with Gasteiger partial charge in [-0.25, -0.2) is 0 Å². The molecule has 2 N–H and O–H groups in total. The lowest BCUT2D eigenvalue weighted by molar-refractivity contribution is -0.384. The van der Waals surface area contributed by atoms with Crippen molar-refractivity contribution < 1.29 is 9.72 Å². The Morgan fingerprint density at radius 2 is 2.04 bits per heavy atom. The molecule has 0 saturated carbocycles. The molecule has 0 saturated heterocycles. The molecule has 1 amide bonds. The Bertz CT molecular complexity index is 712. The molecule has 0 unspecified atom stereocenters. The van der Waals surface area contributed by atoms with E-state index in [0.29, 0.717) is 23.7 Å². The van der Waals surface area contributed by atoms with Crippen LogP contribution in [0.3, 0.4) is 0 Å². The van der Waals surface area contributed by atoms with Crippen molar-refractivity contribution in [2.45, 2.75) is 20.3 Å². The first-order valence-corrected chi connectivity index (χ1v) is 8.19. The molecule has 2 rings (SSSR count). The maximum atomic E-state index is 12.1. The molecular formula is C16H19N3O3S. The fraction of sp³-hybridized carbons (Fsp3) is 0.312. The molecule has 1 aromatic heterocycles. The number of benzene rings is 1. The van der Waals surface area contributed by atoms with Crippen molar-refractivity contribution in [3.05, 3.63) is 55.8 Å². The van der Waals surface area contributed by atoms with Gasteiger partial charge in [-0.3, -0.25) is 14.9 Å². The number of nitro groups is 1. The number of rotatable bonds is 7. The minimum atomic E-state index is -0.429. The molecule has 2 aromatic rings. The van der Waals surface area contributed by atoms with Crippen LogP contribution < -0.4 is 10.6 Å². The lowest BCUT2D eigenvalue weighted by atomic mass is 10.2. The third kappa shape index (κ3) is 4.29. The molecule has 7 heteroatoms. The number of nitrogens with one attached hydrogen (secondary N) is 2. The molecule has 122 valence electrons. The van der Waals surface area contributed by atoms with Crippen LogP contribution in [0.15, 0.2) is 30.3 Å². The zero-order chi connectivity index (χ0) is 16.8. The second kappa shape index (κ2) is 7.73. The van der Waals surface area contributed by atoms with E-state index < -0.39 is 4.92 Å². The van der Waals surface area contributed by atoms with E-state index in [4.69, 9.17) is 0 Å². The first-order chi connectivity index (χ1) is 11.0. The van der Waals surface area contributed by atoms with Gasteiger partial charge in [0.1, 0.15) is 5.69 Å². The first-order valence-electron chi connectivity index (χ1n) is 7.37. The van der Waals surface area contributed by atoms with Crippen molar-refractivity contribution >= 4 is 28.6 Å². The number of para-hydroxylation sites is 2. The highest BCUT2D eigenvalue weighted by Crippen LogP contribution is 2.23. The summed E-state index contributed by atoms with van der Waals surface area (Å²) in [6.45, 7) is 4.88. The van der Waals surface area contributed by atoms with Crippen molar-refractivity contribution in [1.29, 1.82) is 0 Å². The third-order valence-electron chi connectivity index (χ3n) is 3.45. The monoisotopic (exact) mass is 333 g/mol. The van der Waals surface area contributed by atoms with Crippen molar-refractivity contribution in [3.63, 3.8) is 0 Å². The smallest absolute Gasteiger partial charge is 0.292 e. The second-order valence-electron chi connectivity index (χ2n) is 5.00. The summed E-state index contributed by atoms with van der Waals surface area (Å²) >= 11 is 1.49. The lowest BCUT2D eigenvalue weighted by Gasteiger charge is -2.07. The van der Waals surface area contributed by atoms with E-state index in [2.05, 4.69) is 17.6 Å². The van der Waals surface area contributed by atoms with E-state index >= 15 is 0 Å². The molecule has 0 spiro atoms. The first kappa shape index (κ1) is 17.0. The zero-order valence-corrected chi connectivity index (χ0v) is 13.9. The lowest BCUT2D eigenvalue weighted by Crippen LogP contribution is -2.28. The molecule has 1 heterocycles. The summed E-state index contributed by atoms with van der Waals surface area (Å²) in [5.74, 6) is -0.109. The second-order valence-corrected chi connectivity index (χ2v) is 6.26.